The van der Waals surface area contributed by atoms with Crippen LogP contribution in [0.25, 0.3) is 0 Å². The smallest absolute Gasteiger partial charge is 0.308 e. The van der Waals surface area contributed by atoms with Crippen molar-refractivity contribution in [2.45, 2.75) is 38.6 Å². The zero-order valence-corrected chi connectivity index (χ0v) is 9.69. The normalized spacial score (nSPS) is 22.1. The highest BCUT2D eigenvalue weighted by atomic mass is 16.4. The zero-order valence-electron chi connectivity index (χ0n) is 9.69. The minimum atomic E-state index is -0.812. The first kappa shape index (κ1) is 13.0. The van der Waals surface area contributed by atoms with Gasteiger partial charge in [0.05, 0.1) is 5.92 Å². The lowest BCUT2D eigenvalue weighted by Crippen LogP contribution is -2.35. The Balaban J connectivity index is 2.36. The van der Waals surface area contributed by atoms with Crippen molar-refractivity contribution in [2.24, 2.45) is 11.7 Å². The van der Waals surface area contributed by atoms with E-state index in [4.69, 9.17) is 10.8 Å². The lowest BCUT2D eigenvalue weighted by Gasteiger charge is -2.18. The van der Waals surface area contributed by atoms with Crippen molar-refractivity contribution in [3.8, 4) is 0 Å². The first-order chi connectivity index (χ1) is 7.54. The predicted octanol–water partition coefficient (Wildman–Crippen LogP) is 0.437. The van der Waals surface area contributed by atoms with Crippen molar-refractivity contribution >= 4 is 11.9 Å². The Hall–Kier alpha value is -1.10. The van der Waals surface area contributed by atoms with Crippen molar-refractivity contribution in [1.29, 1.82) is 0 Å². The summed E-state index contributed by atoms with van der Waals surface area (Å²) in [4.78, 5) is 24.1. The average Bonchev–Trinajstić information content (AvgIpc) is 2.66. The fraction of sp³-hybridized carbons (Fsp3) is 0.818. The number of hydrogen-bond acceptors (Lipinski definition) is 3. The second kappa shape index (κ2) is 5.84. The molecular formula is C11H20N2O3. The fourth-order valence-electron chi connectivity index (χ4n) is 2.01. The van der Waals surface area contributed by atoms with E-state index in [0.29, 0.717) is 25.9 Å². The van der Waals surface area contributed by atoms with Gasteiger partial charge in [-0.3, -0.25) is 9.59 Å². The number of aliphatic carboxylic acids is 1. The van der Waals surface area contributed by atoms with Crippen LogP contribution in [-0.2, 0) is 9.59 Å². The van der Waals surface area contributed by atoms with Gasteiger partial charge in [-0.2, -0.15) is 0 Å². The highest BCUT2D eigenvalue weighted by Crippen LogP contribution is 2.17. The molecule has 0 aliphatic carbocycles. The van der Waals surface area contributed by atoms with Gasteiger partial charge in [-0.25, -0.2) is 0 Å². The highest BCUT2D eigenvalue weighted by Gasteiger charge is 2.30. The molecule has 2 atom stereocenters. The van der Waals surface area contributed by atoms with E-state index in [-0.39, 0.29) is 11.9 Å². The minimum absolute atomic E-state index is 0.00954. The topological polar surface area (TPSA) is 83.6 Å². The van der Waals surface area contributed by atoms with Gasteiger partial charge in [-0.05, 0) is 12.8 Å². The molecule has 1 amide bonds. The maximum Gasteiger partial charge on any atom is 0.308 e. The number of carboxylic acid groups (broad SMARTS) is 1. The SMILES string of the molecule is CCCC(N)CC(=O)N1CCC(C(=O)O)C1. The molecule has 0 aromatic heterocycles. The first-order valence-corrected chi connectivity index (χ1v) is 5.80. The van der Waals surface area contributed by atoms with Crippen molar-refractivity contribution in [2.75, 3.05) is 13.1 Å². The lowest BCUT2D eigenvalue weighted by atomic mass is 10.1. The molecule has 0 saturated carbocycles. The van der Waals surface area contributed by atoms with E-state index >= 15 is 0 Å². The number of rotatable bonds is 5. The molecule has 0 aromatic rings. The number of likely N-dealkylation sites (tertiary alicyclic amines) is 1. The summed E-state index contributed by atoms with van der Waals surface area (Å²) in [6.07, 6.45) is 2.69. The second-order valence-corrected chi connectivity index (χ2v) is 4.42. The number of carbonyl (C=O) groups is 2. The maximum atomic E-state index is 11.8. The summed E-state index contributed by atoms with van der Waals surface area (Å²) >= 11 is 0. The van der Waals surface area contributed by atoms with Gasteiger partial charge in [-0.1, -0.05) is 13.3 Å². The van der Waals surface area contributed by atoms with Gasteiger partial charge in [-0.15, -0.1) is 0 Å². The number of nitrogens with two attached hydrogens (primary N) is 1. The van der Waals surface area contributed by atoms with E-state index in [9.17, 15) is 9.59 Å². The Bertz CT molecular complexity index is 268. The van der Waals surface area contributed by atoms with E-state index < -0.39 is 11.9 Å². The summed E-state index contributed by atoms with van der Waals surface area (Å²) in [7, 11) is 0. The van der Waals surface area contributed by atoms with Gasteiger partial charge in [0.15, 0.2) is 0 Å². The number of hydrogen-bond donors (Lipinski definition) is 2. The standard InChI is InChI=1S/C11H20N2O3/c1-2-3-9(12)6-10(14)13-5-4-8(7-13)11(15)16/h8-9H,2-7,12H2,1H3,(H,15,16). The number of carboxylic acids is 1. The predicted molar refractivity (Wildman–Crippen MR) is 59.8 cm³/mol. The highest BCUT2D eigenvalue weighted by molar-refractivity contribution is 5.79. The fourth-order valence-corrected chi connectivity index (χ4v) is 2.01. The van der Waals surface area contributed by atoms with Crippen LogP contribution in [0, 0.1) is 5.92 Å². The molecular weight excluding hydrogens is 208 g/mol. The molecule has 1 aliphatic rings. The zero-order chi connectivity index (χ0) is 12.1. The molecule has 16 heavy (non-hydrogen) atoms. The average molecular weight is 228 g/mol. The minimum Gasteiger partial charge on any atom is -0.481 e. The Morgan fingerprint density at radius 3 is 2.75 bits per heavy atom. The summed E-state index contributed by atoms with van der Waals surface area (Å²) in [5.74, 6) is -1.22. The molecule has 0 aromatic carbocycles. The molecule has 5 nitrogen and oxygen atoms in total. The van der Waals surface area contributed by atoms with Gasteiger partial charge < -0.3 is 15.7 Å². The quantitative estimate of drug-likeness (QED) is 0.715. The molecule has 1 aliphatic heterocycles. The Morgan fingerprint density at radius 1 is 1.56 bits per heavy atom. The molecule has 0 radical (unpaired) electrons. The maximum absolute atomic E-state index is 11.8. The third-order valence-electron chi connectivity index (χ3n) is 2.99. The number of nitrogens with zero attached hydrogens (tertiary/aromatic N) is 1. The van der Waals surface area contributed by atoms with Crippen LogP contribution >= 0.6 is 0 Å². The van der Waals surface area contributed by atoms with Crippen molar-refractivity contribution in [1.82, 2.24) is 4.90 Å². The first-order valence-electron chi connectivity index (χ1n) is 5.80. The Kier molecular flexibility index (Phi) is 4.73. The van der Waals surface area contributed by atoms with E-state index in [1.165, 1.54) is 0 Å². The molecule has 1 fully saturated rings. The van der Waals surface area contributed by atoms with Gasteiger partial charge in [0.25, 0.3) is 0 Å². The van der Waals surface area contributed by atoms with Crippen LogP contribution < -0.4 is 5.73 Å². The second-order valence-electron chi connectivity index (χ2n) is 4.42. The lowest BCUT2D eigenvalue weighted by molar-refractivity contribution is -0.141. The van der Waals surface area contributed by atoms with Crippen molar-refractivity contribution < 1.29 is 14.7 Å². The number of amides is 1. The van der Waals surface area contributed by atoms with E-state index in [1.807, 2.05) is 6.92 Å². The molecule has 1 saturated heterocycles. The monoisotopic (exact) mass is 228 g/mol. The molecule has 0 spiro atoms. The van der Waals surface area contributed by atoms with Crippen molar-refractivity contribution in [3.05, 3.63) is 0 Å². The van der Waals surface area contributed by atoms with Gasteiger partial charge in [0.2, 0.25) is 5.91 Å². The molecule has 92 valence electrons. The van der Waals surface area contributed by atoms with Gasteiger partial charge in [0.1, 0.15) is 0 Å². The van der Waals surface area contributed by atoms with E-state index in [1.54, 1.807) is 4.90 Å². The van der Waals surface area contributed by atoms with Crippen LogP contribution in [0.15, 0.2) is 0 Å². The molecule has 1 heterocycles. The van der Waals surface area contributed by atoms with Gasteiger partial charge in [0, 0.05) is 25.6 Å². The van der Waals surface area contributed by atoms with Crippen LogP contribution in [-0.4, -0.2) is 41.0 Å². The summed E-state index contributed by atoms with van der Waals surface area (Å²) in [5, 5.41) is 8.82. The van der Waals surface area contributed by atoms with Crippen LogP contribution in [0.2, 0.25) is 0 Å². The molecule has 5 heteroatoms. The van der Waals surface area contributed by atoms with Crippen molar-refractivity contribution in [3.63, 3.8) is 0 Å². The summed E-state index contributed by atoms with van der Waals surface area (Å²) < 4.78 is 0. The summed E-state index contributed by atoms with van der Waals surface area (Å²) in [5.41, 5.74) is 5.78. The van der Waals surface area contributed by atoms with Crippen LogP contribution in [0.4, 0.5) is 0 Å². The van der Waals surface area contributed by atoms with Gasteiger partial charge >= 0.3 is 5.97 Å². The molecule has 0 bridgehead atoms. The summed E-state index contributed by atoms with van der Waals surface area (Å²) in [6.45, 7) is 2.92. The van der Waals surface area contributed by atoms with Crippen LogP contribution in [0.3, 0.4) is 0 Å². The molecule has 2 unspecified atom stereocenters. The van der Waals surface area contributed by atoms with E-state index in [2.05, 4.69) is 0 Å². The van der Waals surface area contributed by atoms with E-state index in [0.717, 1.165) is 12.8 Å². The third kappa shape index (κ3) is 3.48. The molecule has 1 rings (SSSR count). The van der Waals surface area contributed by atoms with Crippen LogP contribution in [0.5, 0.6) is 0 Å². The molecule has 3 N–H and O–H groups in total. The summed E-state index contributed by atoms with van der Waals surface area (Å²) in [6, 6.07) is -0.0959. The number of carbonyl (C=O) groups excluding carboxylic acids is 1. The van der Waals surface area contributed by atoms with Crippen LogP contribution in [0.1, 0.15) is 32.6 Å². The third-order valence-corrected chi connectivity index (χ3v) is 2.99. The largest absolute Gasteiger partial charge is 0.481 e. The Labute approximate surface area is 95.6 Å². The Morgan fingerprint density at radius 2 is 2.25 bits per heavy atom.